The van der Waals surface area contributed by atoms with Crippen molar-refractivity contribution < 1.29 is 89.4 Å². The van der Waals surface area contributed by atoms with E-state index in [9.17, 15) is 61.0 Å². The average molecular weight is 1240 g/mol. The van der Waals surface area contributed by atoms with Crippen LogP contribution >= 0.6 is 0 Å². The van der Waals surface area contributed by atoms with Gasteiger partial charge in [-0.2, -0.15) is 0 Å². The second-order valence-corrected chi connectivity index (χ2v) is 24.6. The number of nitrogens with one attached hydrogen (secondary N) is 1. The van der Waals surface area contributed by atoms with E-state index >= 15 is 0 Å². The van der Waals surface area contributed by atoms with Crippen molar-refractivity contribution >= 4 is 5.91 Å². The molecule has 12 N–H and O–H groups in total. The monoisotopic (exact) mass is 1240 g/mol. The molecule has 3 rings (SSSR count). The summed E-state index contributed by atoms with van der Waals surface area (Å²) >= 11 is 0. The van der Waals surface area contributed by atoms with Gasteiger partial charge in [-0.3, -0.25) is 4.79 Å². The van der Waals surface area contributed by atoms with Gasteiger partial charge in [-0.1, -0.05) is 223 Å². The predicted molar refractivity (Wildman–Crippen MR) is 337 cm³/mol. The maximum Gasteiger partial charge on any atom is 0.220 e. The minimum Gasteiger partial charge on any atom is -0.394 e. The molecule has 0 aromatic heterocycles. The number of hydrogen-bond acceptors (Lipinski definition) is 18. The zero-order valence-corrected chi connectivity index (χ0v) is 53.5. The molecule has 1 amide bonds. The second-order valence-electron chi connectivity index (χ2n) is 24.6. The number of ether oxygens (including phenoxy) is 6. The maximum atomic E-state index is 13.4. The van der Waals surface area contributed by atoms with Crippen molar-refractivity contribution in [2.75, 3.05) is 26.4 Å². The molecule has 0 saturated carbocycles. The zero-order valence-electron chi connectivity index (χ0n) is 53.5. The minimum absolute atomic E-state index is 0.234. The molecule has 17 atom stereocenters. The number of allylic oxidation sites excluding steroid dienone is 7. The first-order valence-corrected chi connectivity index (χ1v) is 34.4. The lowest BCUT2D eigenvalue weighted by atomic mass is 9.96. The standard InChI is InChI=1S/C68H123NO18/c1-3-5-7-9-11-13-15-17-19-21-22-23-24-25-26-27-28-30-32-34-36-38-40-42-44-46-56(74)69-51(52(73)45-43-41-39-37-35-33-31-29-20-18-16-14-12-10-8-6-4-2)50-82-66-62(80)59(77)64(54(48-71)84-66)87-68-63(81)60(78)65(55(49-72)85-68)86-67-61(79)58(76)57(75)53(47-70)83-67/h15,17,21-22,35,37,43,45,51-55,57-68,70-73,75-81H,3-14,16,18-20,23-34,36,38-42,44,46-50H2,1-2H3,(H,69,74)/b17-15-,22-21-,37-35+,45-43+. The van der Waals surface area contributed by atoms with Crippen molar-refractivity contribution in [3.05, 3.63) is 48.6 Å². The van der Waals surface area contributed by atoms with Crippen molar-refractivity contribution in [3.8, 4) is 0 Å². The fourth-order valence-electron chi connectivity index (χ4n) is 11.5. The predicted octanol–water partition coefficient (Wildman–Crippen LogP) is 8.61. The van der Waals surface area contributed by atoms with Gasteiger partial charge < -0.3 is 89.9 Å². The number of carbonyl (C=O) groups excluding carboxylic acids is 1. The molecule has 3 aliphatic rings. The third-order valence-corrected chi connectivity index (χ3v) is 17.1. The topological polar surface area (TPSA) is 307 Å². The normalized spacial score (nSPS) is 28.9. The first-order chi connectivity index (χ1) is 42.3. The van der Waals surface area contributed by atoms with Crippen LogP contribution < -0.4 is 5.32 Å². The summed E-state index contributed by atoms with van der Waals surface area (Å²) < 4.78 is 34.3. The van der Waals surface area contributed by atoms with Gasteiger partial charge in [-0.05, 0) is 64.2 Å². The Hall–Kier alpha value is -2.25. The summed E-state index contributed by atoms with van der Waals surface area (Å²) in [6.45, 7) is 1.71. The second kappa shape index (κ2) is 50.3. The van der Waals surface area contributed by atoms with Gasteiger partial charge in [0.15, 0.2) is 18.9 Å². The van der Waals surface area contributed by atoms with Gasteiger partial charge in [0.2, 0.25) is 5.91 Å². The average Bonchev–Trinajstić information content (AvgIpc) is 1.15. The van der Waals surface area contributed by atoms with E-state index in [2.05, 4.69) is 55.6 Å². The molecule has 87 heavy (non-hydrogen) atoms. The molecule has 0 aromatic rings. The molecule has 19 nitrogen and oxygen atoms in total. The Morgan fingerprint density at radius 3 is 1.22 bits per heavy atom. The SMILES string of the molecule is CCCCCCC/C=C\C/C=C\CCCCCCCCCCCCCCCC(=O)NC(COC1OC(CO)C(OC2OC(CO)C(OC3OC(CO)C(O)C(O)C3O)C(O)C2O)C(O)C1O)C(O)/C=C/CC/C=C/CCCCCCCCCCCCC. The van der Waals surface area contributed by atoms with Gasteiger partial charge in [-0.15, -0.1) is 0 Å². The molecule has 0 aliphatic carbocycles. The third-order valence-electron chi connectivity index (χ3n) is 17.1. The first kappa shape index (κ1) is 79.0. The van der Waals surface area contributed by atoms with E-state index < -0.39 is 124 Å². The number of hydrogen-bond donors (Lipinski definition) is 12. The van der Waals surface area contributed by atoms with Crippen LogP contribution in [0.4, 0.5) is 0 Å². The zero-order chi connectivity index (χ0) is 63.3. The van der Waals surface area contributed by atoms with Crippen molar-refractivity contribution in [1.82, 2.24) is 5.32 Å². The summed E-state index contributed by atoms with van der Waals surface area (Å²) in [7, 11) is 0. The summed E-state index contributed by atoms with van der Waals surface area (Å²) in [6.07, 6.45) is 32.3. The maximum absolute atomic E-state index is 13.4. The summed E-state index contributed by atoms with van der Waals surface area (Å²) in [6, 6.07) is -0.991. The smallest absolute Gasteiger partial charge is 0.220 e. The minimum atomic E-state index is -1.98. The van der Waals surface area contributed by atoms with Crippen LogP contribution in [0.25, 0.3) is 0 Å². The van der Waals surface area contributed by atoms with E-state index in [-0.39, 0.29) is 18.9 Å². The van der Waals surface area contributed by atoms with E-state index in [1.54, 1.807) is 6.08 Å². The quantitative estimate of drug-likeness (QED) is 0.0200. The first-order valence-electron chi connectivity index (χ1n) is 34.4. The number of carbonyl (C=O) groups is 1. The van der Waals surface area contributed by atoms with Crippen LogP contribution in [0, 0.1) is 0 Å². The van der Waals surface area contributed by atoms with E-state index in [0.717, 1.165) is 44.9 Å². The summed E-state index contributed by atoms with van der Waals surface area (Å²) in [4.78, 5) is 13.4. The molecule has 508 valence electrons. The molecule has 3 aliphatic heterocycles. The Labute approximate surface area is 523 Å². The molecule has 0 aromatic carbocycles. The Kier molecular flexibility index (Phi) is 45.7. The molecular weight excluding hydrogens is 1120 g/mol. The Bertz CT molecular complexity index is 1770. The van der Waals surface area contributed by atoms with E-state index in [1.165, 1.54) is 167 Å². The highest BCUT2D eigenvalue weighted by molar-refractivity contribution is 5.76. The lowest BCUT2D eigenvalue weighted by Gasteiger charge is -2.48. The van der Waals surface area contributed by atoms with Crippen LogP contribution in [-0.4, -0.2) is 193 Å². The summed E-state index contributed by atoms with van der Waals surface area (Å²) in [5, 5.41) is 120. The fraction of sp³-hybridized carbons (Fsp3) is 0.868. The van der Waals surface area contributed by atoms with Crippen LogP contribution in [-0.2, 0) is 33.2 Å². The molecule has 17 unspecified atom stereocenters. The number of amides is 1. The molecule has 3 heterocycles. The van der Waals surface area contributed by atoms with E-state index in [4.69, 9.17) is 28.4 Å². The largest absolute Gasteiger partial charge is 0.394 e. The number of aliphatic hydroxyl groups is 11. The molecule has 0 bridgehead atoms. The van der Waals surface area contributed by atoms with Gasteiger partial charge >= 0.3 is 0 Å². The van der Waals surface area contributed by atoms with Crippen molar-refractivity contribution in [3.63, 3.8) is 0 Å². The highest BCUT2D eigenvalue weighted by Gasteiger charge is 2.53. The highest BCUT2D eigenvalue weighted by atomic mass is 16.8. The Balaban J connectivity index is 1.44. The van der Waals surface area contributed by atoms with E-state index in [0.29, 0.717) is 12.8 Å². The lowest BCUT2D eigenvalue weighted by Crippen LogP contribution is -2.66. The molecule has 0 radical (unpaired) electrons. The van der Waals surface area contributed by atoms with E-state index in [1.807, 2.05) is 6.08 Å². The molecule has 19 heteroatoms. The highest BCUT2D eigenvalue weighted by Crippen LogP contribution is 2.33. The van der Waals surface area contributed by atoms with Crippen LogP contribution in [0.3, 0.4) is 0 Å². The van der Waals surface area contributed by atoms with Crippen molar-refractivity contribution in [2.45, 2.75) is 349 Å². The van der Waals surface area contributed by atoms with Crippen LogP contribution in [0.15, 0.2) is 48.6 Å². The number of aliphatic hydroxyl groups excluding tert-OH is 11. The van der Waals surface area contributed by atoms with Gasteiger partial charge in [0.1, 0.15) is 73.2 Å². The fourth-order valence-corrected chi connectivity index (χ4v) is 11.5. The lowest BCUT2D eigenvalue weighted by molar-refractivity contribution is -0.379. The number of unbranched alkanes of at least 4 members (excludes halogenated alkanes) is 30. The van der Waals surface area contributed by atoms with Crippen LogP contribution in [0.2, 0.25) is 0 Å². The van der Waals surface area contributed by atoms with Crippen LogP contribution in [0.1, 0.15) is 245 Å². The Morgan fingerprint density at radius 1 is 0.414 bits per heavy atom. The van der Waals surface area contributed by atoms with Gasteiger partial charge in [0.25, 0.3) is 0 Å². The van der Waals surface area contributed by atoms with Crippen molar-refractivity contribution in [2.24, 2.45) is 0 Å². The Morgan fingerprint density at radius 2 is 0.770 bits per heavy atom. The summed E-state index contributed by atoms with van der Waals surface area (Å²) in [5.74, 6) is -0.286. The summed E-state index contributed by atoms with van der Waals surface area (Å²) in [5.41, 5.74) is 0. The third kappa shape index (κ3) is 32.7. The van der Waals surface area contributed by atoms with Gasteiger partial charge in [0, 0.05) is 6.42 Å². The molecular formula is C68H123NO18. The molecule has 3 saturated heterocycles. The van der Waals surface area contributed by atoms with Gasteiger partial charge in [-0.25, -0.2) is 0 Å². The molecule has 0 spiro atoms. The van der Waals surface area contributed by atoms with Crippen molar-refractivity contribution in [1.29, 1.82) is 0 Å². The molecule has 3 fully saturated rings. The number of rotatable bonds is 52. The van der Waals surface area contributed by atoms with Gasteiger partial charge in [0.05, 0.1) is 38.6 Å². The van der Waals surface area contributed by atoms with Crippen LogP contribution in [0.5, 0.6) is 0 Å².